The smallest absolute Gasteiger partial charge is 0.323 e. The Balaban J connectivity index is 4.11. The molecule has 0 aromatic carbocycles. The topological polar surface area (TPSA) is 66.8 Å². The summed E-state index contributed by atoms with van der Waals surface area (Å²) in [5.74, 6) is -1.17. The summed E-state index contributed by atoms with van der Waals surface area (Å²) in [7, 11) is 0. The maximum absolute atomic E-state index is 11.6. The highest BCUT2D eigenvalue weighted by molar-refractivity contribution is 5.81. The van der Waals surface area contributed by atoms with Gasteiger partial charge in [0, 0.05) is 12.6 Å². The molecule has 0 spiro atoms. The number of hydrogen-bond donors (Lipinski definition) is 1. The largest absolute Gasteiger partial charge is 0.480 e. The van der Waals surface area contributed by atoms with Gasteiger partial charge in [0.1, 0.15) is 6.54 Å². The summed E-state index contributed by atoms with van der Waals surface area (Å²) in [4.78, 5) is 23.4. The monoisotopic (exact) mass is 217 g/mol. The Morgan fingerprint density at radius 2 is 2.00 bits per heavy atom. The summed E-state index contributed by atoms with van der Waals surface area (Å²) < 4.78 is 5.04. The van der Waals surface area contributed by atoms with Crippen molar-refractivity contribution in [3.05, 3.63) is 0 Å². The van der Waals surface area contributed by atoms with Crippen molar-refractivity contribution in [1.29, 1.82) is 0 Å². The molecule has 0 aromatic heterocycles. The number of rotatable bonds is 7. The molecule has 0 atom stereocenters. The quantitative estimate of drug-likeness (QED) is 0.638. The van der Waals surface area contributed by atoms with Crippen LogP contribution in [0.15, 0.2) is 0 Å². The lowest BCUT2D eigenvalue weighted by Crippen LogP contribution is -2.41. The SMILES string of the molecule is CCOCCC(=O)N(CC(=O)O)C(C)C. The molecule has 5 nitrogen and oxygen atoms in total. The highest BCUT2D eigenvalue weighted by atomic mass is 16.5. The van der Waals surface area contributed by atoms with E-state index >= 15 is 0 Å². The third-order valence-corrected chi connectivity index (χ3v) is 1.91. The van der Waals surface area contributed by atoms with Crippen molar-refractivity contribution < 1.29 is 19.4 Å². The minimum Gasteiger partial charge on any atom is -0.480 e. The van der Waals surface area contributed by atoms with Gasteiger partial charge in [0.15, 0.2) is 0 Å². The molecule has 0 radical (unpaired) electrons. The van der Waals surface area contributed by atoms with E-state index in [1.165, 1.54) is 4.90 Å². The predicted octanol–water partition coefficient (Wildman–Crippen LogP) is 0.735. The third kappa shape index (κ3) is 6.06. The summed E-state index contributed by atoms with van der Waals surface area (Å²) in [5, 5.41) is 8.63. The van der Waals surface area contributed by atoms with Crippen molar-refractivity contribution in [2.45, 2.75) is 33.2 Å². The molecule has 0 aromatic rings. The second kappa shape index (κ2) is 7.23. The number of carboxylic acids is 1. The lowest BCUT2D eigenvalue weighted by atomic mass is 10.2. The second-order valence-electron chi connectivity index (χ2n) is 3.46. The Labute approximate surface area is 90.0 Å². The van der Waals surface area contributed by atoms with E-state index in [1.807, 2.05) is 6.92 Å². The summed E-state index contributed by atoms with van der Waals surface area (Å²) >= 11 is 0. The molecule has 0 saturated carbocycles. The zero-order chi connectivity index (χ0) is 11.8. The van der Waals surface area contributed by atoms with Gasteiger partial charge in [-0.05, 0) is 20.8 Å². The van der Waals surface area contributed by atoms with Crippen molar-refractivity contribution in [1.82, 2.24) is 4.90 Å². The normalized spacial score (nSPS) is 10.4. The first-order chi connectivity index (χ1) is 6.99. The van der Waals surface area contributed by atoms with E-state index in [2.05, 4.69) is 0 Å². The Hall–Kier alpha value is -1.10. The Kier molecular flexibility index (Phi) is 6.70. The fourth-order valence-electron chi connectivity index (χ4n) is 1.15. The highest BCUT2D eigenvalue weighted by Gasteiger charge is 2.18. The standard InChI is InChI=1S/C10H19NO4/c1-4-15-6-5-9(12)11(8(2)3)7-10(13)14/h8H,4-7H2,1-3H3,(H,13,14). The molecule has 0 heterocycles. The van der Waals surface area contributed by atoms with E-state index in [4.69, 9.17) is 9.84 Å². The number of hydrogen-bond acceptors (Lipinski definition) is 3. The van der Waals surface area contributed by atoms with E-state index < -0.39 is 5.97 Å². The van der Waals surface area contributed by atoms with Crippen LogP contribution in [0.1, 0.15) is 27.2 Å². The predicted molar refractivity (Wildman–Crippen MR) is 55.6 cm³/mol. The third-order valence-electron chi connectivity index (χ3n) is 1.91. The summed E-state index contributed by atoms with van der Waals surface area (Å²) in [6.07, 6.45) is 0.235. The van der Waals surface area contributed by atoms with Crippen LogP contribution in [0, 0.1) is 0 Å². The minimum absolute atomic E-state index is 0.102. The molecule has 0 aliphatic rings. The molecule has 1 N–H and O–H groups in total. The summed E-state index contributed by atoms with van der Waals surface area (Å²) in [6.45, 7) is 6.10. The van der Waals surface area contributed by atoms with Gasteiger partial charge < -0.3 is 14.7 Å². The van der Waals surface area contributed by atoms with Crippen molar-refractivity contribution >= 4 is 11.9 Å². The molecular formula is C10H19NO4. The van der Waals surface area contributed by atoms with Crippen LogP contribution in [0.5, 0.6) is 0 Å². The van der Waals surface area contributed by atoms with Crippen LogP contribution < -0.4 is 0 Å². The summed E-state index contributed by atoms with van der Waals surface area (Å²) in [6, 6.07) is -0.102. The van der Waals surface area contributed by atoms with Gasteiger partial charge >= 0.3 is 5.97 Å². The van der Waals surface area contributed by atoms with E-state index in [0.717, 1.165) is 0 Å². The van der Waals surface area contributed by atoms with Crippen molar-refractivity contribution in [2.75, 3.05) is 19.8 Å². The molecule has 0 saturated heterocycles. The molecule has 15 heavy (non-hydrogen) atoms. The average molecular weight is 217 g/mol. The van der Waals surface area contributed by atoms with Gasteiger partial charge in [-0.2, -0.15) is 0 Å². The van der Waals surface area contributed by atoms with Crippen molar-refractivity contribution in [3.8, 4) is 0 Å². The van der Waals surface area contributed by atoms with Crippen LogP contribution in [-0.4, -0.2) is 47.7 Å². The molecule has 0 unspecified atom stereocenters. The van der Waals surface area contributed by atoms with Gasteiger partial charge in [-0.3, -0.25) is 9.59 Å². The van der Waals surface area contributed by atoms with Crippen LogP contribution in [0.25, 0.3) is 0 Å². The molecule has 5 heteroatoms. The first-order valence-electron chi connectivity index (χ1n) is 5.08. The van der Waals surface area contributed by atoms with E-state index in [9.17, 15) is 9.59 Å². The molecule has 88 valence electrons. The number of carboxylic acid groups (broad SMARTS) is 1. The zero-order valence-corrected chi connectivity index (χ0v) is 9.52. The molecule has 0 aliphatic carbocycles. The van der Waals surface area contributed by atoms with Crippen molar-refractivity contribution in [2.24, 2.45) is 0 Å². The molecule has 0 bridgehead atoms. The molecule has 0 fully saturated rings. The number of carbonyl (C=O) groups excluding carboxylic acids is 1. The lowest BCUT2D eigenvalue weighted by Gasteiger charge is -2.24. The van der Waals surface area contributed by atoms with Crippen LogP contribution in [-0.2, 0) is 14.3 Å². The first-order valence-corrected chi connectivity index (χ1v) is 5.08. The van der Waals surface area contributed by atoms with Gasteiger partial charge in [-0.1, -0.05) is 0 Å². The number of carbonyl (C=O) groups is 2. The Bertz CT molecular complexity index is 215. The van der Waals surface area contributed by atoms with Gasteiger partial charge in [0.25, 0.3) is 0 Å². The molecule has 1 amide bonds. The molecule has 0 aliphatic heterocycles. The molecular weight excluding hydrogens is 198 g/mol. The number of ether oxygens (including phenoxy) is 1. The Morgan fingerprint density at radius 3 is 2.40 bits per heavy atom. The Morgan fingerprint density at radius 1 is 1.40 bits per heavy atom. The van der Waals surface area contributed by atoms with Crippen LogP contribution in [0.3, 0.4) is 0 Å². The van der Waals surface area contributed by atoms with E-state index in [-0.39, 0.29) is 24.9 Å². The van der Waals surface area contributed by atoms with Gasteiger partial charge in [-0.25, -0.2) is 0 Å². The summed E-state index contributed by atoms with van der Waals surface area (Å²) in [5.41, 5.74) is 0. The fourth-order valence-corrected chi connectivity index (χ4v) is 1.15. The number of aliphatic carboxylic acids is 1. The second-order valence-corrected chi connectivity index (χ2v) is 3.46. The maximum Gasteiger partial charge on any atom is 0.323 e. The first kappa shape index (κ1) is 13.9. The maximum atomic E-state index is 11.6. The van der Waals surface area contributed by atoms with Crippen LogP contribution in [0.4, 0.5) is 0 Å². The lowest BCUT2D eigenvalue weighted by molar-refractivity contribution is -0.146. The van der Waals surface area contributed by atoms with Crippen LogP contribution >= 0.6 is 0 Å². The molecule has 0 rings (SSSR count). The van der Waals surface area contributed by atoms with Crippen LogP contribution in [0.2, 0.25) is 0 Å². The number of amides is 1. The van der Waals surface area contributed by atoms with E-state index in [1.54, 1.807) is 13.8 Å². The number of nitrogens with zero attached hydrogens (tertiary/aromatic N) is 1. The fraction of sp³-hybridized carbons (Fsp3) is 0.800. The van der Waals surface area contributed by atoms with E-state index in [0.29, 0.717) is 13.2 Å². The van der Waals surface area contributed by atoms with Gasteiger partial charge in [0.05, 0.1) is 13.0 Å². The zero-order valence-electron chi connectivity index (χ0n) is 9.52. The minimum atomic E-state index is -0.992. The average Bonchev–Trinajstić information content (AvgIpc) is 2.13. The van der Waals surface area contributed by atoms with Gasteiger partial charge in [0.2, 0.25) is 5.91 Å². The van der Waals surface area contributed by atoms with Crippen molar-refractivity contribution in [3.63, 3.8) is 0 Å². The highest BCUT2D eigenvalue weighted by Crippen LogP contribution is 2.01. The van der Waals surface area contributed by atoms with Gasteiger partial charge in [-0.15, -0.1) is 0 Å².